The van der Waals surface area contributed by atoms with Crippen LogP contribution in [0, 0.1) is 0 Å². The van der Waals surface area contributed by atoms with Crippen molar-refractivity contribution in [3.63, 3.8) is 0 Å². The summed E-state index contributed by atoms with van der Waals surface area (Å²) in [5.74, 6) is 0.715. The summed E-state index contributed by atoms with van der Waals surface area (Å²) in [6.07, 6.45) is 2.77. The van der Waals surface area contributed by atoms with Crippen LogP contribution in [0.1, 0.15) is 20.3 Å². The number of aromatic nitrogens is 2. The van der Waals surface area contributed by atoms with Crippen molar-refractivity contribution < 1.29 is 4.79 Å². The summed E-state index contributed by atoms with van der Waals surface area (Å²) < 4.78 is 1.69. The normalized spacial score (nSPS) is 12.2. The molecule has 0 aliphatic rings. The Morgan fingerprint density at radius 1 is 1.67 bits per heavy atom. The standard InChI is InChI=1S/C10H18N4O/c1-4-8(2)12-10(15)7-11-9-5-6-14(3)13-9/h5-6,8H,4,7H2,1-3H3,(H,11,13)(H,12,15). The Morgan fingerprint density at radius 3 is 2.93 bits per heavy atom. The lowest BCUT2D eigenvalue weighted by molar-refractivity contribution is -0.120. The number of hydrogen-bond donors (Lipinski definition) is 2. The maximum absolute atomic E-state index is 11.4. The Bertz CT molecular complexity index is 321. The van der Waals surface area contributed by atoms with E-state index in [9.17, 15) is 4.79 Å². The van der Waals surface area contributed by atoms with Gasteiger partial charge in [0.2, 0.25) is 5.91 Å². The Balaban J connectivity index is 2.28. The topological polar surface area (TPSA) is 59.0 Å². The average molecular weight is 210 g/mol. The van der Waals surface area contributed by atoms with Crippen LogP contribution in [0.25, 0.3) is 0 Å². The summed E-state index contributed by atoms with van der Waals surface area (Å²) in [5, 5.41) is 9.93. The lowest BCUT2D eigenvalue weighted by Gasteiger charge is -2.11. The third-order valence-electron chi connectivity index (χ3n) is 2.16. The van der Waals surface area contributed by atoms with Gasteiger partial charge in [-0.15, -0.1) is 0 Å². The van der Waals surface area contributed by atoms with Crippen LogP contribution in [-0.4, -0.2) is 28.3 Å². The van der Waals surface area contributed by atoms with E-state index < -0.39 is 0 Å². The highest BCUT2D eigenvalue weighted by molar-refractivity contribution is 5.80. The van der Waals surface area contributed by atoms with Crippen molar-refractivity contribution in [2.75, 3.05) is 11.9 Å². The number of aryl methyl sites for hydroxylation is 1. The van der Waals surface area contributed by atoms with Crippen LogP contribution in [-0.2, 0) is 11.8 Å². The Kier molecular flexibility index (Phi) is 4.15. The van der Waals surface area contributed by atoms with E-state index in [1.54, 1.807) is 4.68 Å². The third-order valence-corrected chi connectivity index (χ3v) is 2.16. The SMILES string of the molecule is CCC(C)NC(=O)CNc1ccn(C)n1. The highest BCUT2D eigenvalue weighted by atomic mass is 16.1. The van der Waals surface area contributed by atoms with Crippen LogP contribution in [0.2, 0.25) is 0 Å². The van der Waals surface area contributed by atoms with Crippen LogP contribution in [0.5, 0.6) is 0 Å². The first-order chi connectivity index (χ1) is 7.11. The maximum atomic E-state index is 11.4. The predicted molar refractivity (Wildman–Crippen MR) is 59.6 cm³/mol. The molecule has 1 aromatic heterocycles. The van der Waals surface area contributed by atoms with Crippen LogP contribution < -0.4 is 10.6 Å². The molecule has 1 heterocycles. The van der Waals surface area contributed by atoms with Gasteiger partial charge in [0.1, 0.15) is 5.82 Å². The number of carbonyl (C=O) groups is 1. The van der Waals surface area contributed by atoms with Gasteiger partial charge in [-0.2, -0.15) is 5.10 Å². The van der Waals surface area contributed by atoms with Crippen LogP contribution in [0.3, 0.4) is 0 Å². The Morgan fingerprint density at radius 2 is 2.40 bits per heavy atom. The summed E-state index contributed by atoms with van der Waals surface area (Å²) in [6.45, 7) is 4.29. The van der Waals surface area contributed by atoms with Crippen LogP contribution in [0.15, 0.2) is 12.3 Å². The molecule has 0 aromatic carbocycles. The van der Waals surface area contributed by atoms with Crippen molar-refractivity contribution in [3.8, 4) is 0 Å². The highest BCUT2D eigenvalue weighted by Gasteiger charge is 2.05. The minimum absolute atomic E-state index is 0.00463. The molecule has 1 unspecified atom stereocenters. The van der Waals surface area contributed by atoms with E-state index in [1.807, 2.05) is 33.2 Å². The molecule has 2 N–H and O–H groups in total. The van der Waals surface area contributed by atoms with Crippen molar-refractivity contribution in [1.29, 1.82) is 0 Å². The van der Waals surface area contributed by atoms with Gasteiger partial charge < -0.3 is 10.6 Å². The van der Waals surface area contributed by atoms with E-state index in [0.717, 1.165) is 12.2 Å². The summed E-state index contributed by atoms with van der Waals surface area (Å²) in [7, 11) is 1.84. The van der Waals surface area contributed by atoms with Crippen molar-refractivity contribution in [1.82, 2.24) is 15.1 Å². The molecule has 0 aliphatic carbocycles. The molecule has 1 rings (SSSR count). The summed E-state index contributed by atoms with van der Waals surface area (Å²) >= 11 is 0. The summed E-state index contributed by atoms with van der Waals surface area (Å²) in [6, 6.07) is 2.05. The van der Waals surface area contributed by atoms with E-state index in [-0.39, 0.29) is 18.5 Å². The zero-order valence-electron chi connectivity index (χ0n) is 9.45. The van der Waals surface area contributed by atoms with Crippen molar-refractivity contribution in [2.45, 2.75) is 26.3 Å². The Labute approximate surface area is 89.9 Å². The van der Waals surface area contributed by atoms with E-state index >= 15 is 0 Å². The number of nitrogens with zero attached hydrogens (tertiary/aromatic N) is 2. The largest absolute Gasteiger partial charge is 0.360 e. The van der Waals surface area contributed by atoms with Crippen LogP contribution in [0.4, 0.5) is 5.82 Å². The van der Waals surface area contributed by atoms with Gasteiger partial charge in [-0.1, -0.05) is 6.92 Å². The van der Waals surface area contributed by atoms with E-state index in [2.05, 4.69) is 15.7 Å². The monoisotopic (exact) mass is 210 g/mol. The van der Waals surface area contributed by atoms with Gasteiger partial charge in [-0.3, -0.25) is 9.48 Å². The van der Waals surface area contributed by atoms with E-state index in [0.29, 0.717) is 0 Å². The zero-order valence-corrected chi connectivity index (χ0v) is 9.45. The van der Waals surface area contributed by atoms with Crippen LogP contribution >= 0.6 is 0 Å². The molecule has 5 nitrogen and oxygen atoms in total. The molecule has 0 saturated carbocycles. The lowest BCUT2D eigenvalue weighted by atomic mass is 10.2. The number of rotatable bonds is 5. The molecule has 0 radical (unpaired) electrons. The lowest BCUT2D eigenvalue weighted by Crippen LogP contribution is -2.36. The van der Waals surface area contributed by atoms with Gasteiger partial charge >= 0.3 is 0 Å². The second-order valence-electron chi connectivity index (χ2n) is 3.61. The first kappa shape index (κ1) is 11.6. The fraction of sp³-hybridized carbons (Fsp3) is 0.600. The summed E-state index contributed by atoms with van der Waals surface area (Å²) in [4.78, 5) is 11.4. The van der Waals surface area contributed by atoms with Gasteiger partial charge in [-0.05, 0) is 13.3 Å². The molecule has 84 valence electrons. The number of anilines is 1. The Hall–Kier alpha value is -1.52. The first-order valence-electron chi connectivity index (χ1n) is 5.14. The van der Waals surface area contributed by atoms with Crippen molar-refractivity contribution in [2.24, 2.45) is 7.05 Å². The molecule has 0 saturated heterocycles. The van der Waals surface area contributed by atoms with Crippen molar-refractivity contribution >= 4 is 11.7 Å². The summed E-state index contributed by atoms with van der Waals surface area (Å²) in [5.41, 5.74) is 0. The quantitative estimate of drug-likeness (QED) is 0.754. The fourth-order valence-electron chi connectivity index (χ4n) is 1.11. The molecule has 0 spiro atoms. The second kappa shape index (κ2) is 5.38. The first-order valence-corrected chi connectivity index (χ1v) is 5.14. The van der Waals surface area contributed by atoms with Gasteiger partial charge in [0.15, 0.2) is 0 Å². The van der Waals surface area contributed by atoms with Gasteiger partial charge in [0.25, 0.3) is 0 Å². The molecule has 0 fully saturated rings. The molecule has 1 amide bonds. The number of carbonyl (C=O) groups excluding carboxylic acids is 1. The van der Waals surface area contributed by atoms with Gasteiger partial charge in [-0.25, -0.2) is 0 Å². The molecular weight excluding hydrogens is 192 g/mol. The molecule has 5 heteroatoms. The van der Waals surface area contributed by atoms with Gasteiger partial charge in [0, 0.05) is 25.4 Å². The number of hydrogen-bond acceptors (Lipinski definition) is 3. The third kappa shape index (κ3) is 4.01. The van der Waals surface area contributed by atoms with E-state index in [4.69, 9.17) is 0 Å². The van der Waals surface area contributed by atoms with Crippen molar-refractivity contribution in [3.05, 3.63) is 12.3 Å². The highest BCUT2D eigenvalue weighted by Crippen LogP contribution is 1.99. The predicted octanol–water partition coefficient (Wildman–Crippen LogP) is 0.747. The molecule has 1 aromatic rings. The minimum atomic E-state index is -0.00463. The molecule has 15 heavy (non-hydrogen) atoms. The average Bonchev–Trinajstić information content (AvgIpc) is 2.61. The fourth-order valence-corrected chi connectivity index (χ4v) is 1.11. The second-order valence-corrected chi connectivity index (χ2v) is 3.61. The van der Waals surface area contributed by atoms with E-state index in [1.165, 1.54) is 0 Å². The smallest absolute Gasteiger partial charge is 0.239 e. The number of amides is 1. The maximum Gasteiger partial charge on any atom is 0.239 e. The molecule has 0 bridgehead atoms. The molecular formula is C10H18N4O. The minimum Gasteiger partial charge on any atom is -0.360 e. The number of nitrogens with one attached hydrogen (secondary N) is 2. The van der Waals surface area contributed by atoms with Gasteiger partial charge in [0.05, 0.1) is 6.54 Å². The molecule has 1 atom stereocenters. The molecule has 0 aliphatic heterocycles. The zero-order chi connectivity index (χ0) is 11.3.